The van der Waals surface area contributed by atoms with Crippen LogP contribution in [0.1, 0.15) is 55.7 Å². The summed E-state index contributed by atoms with van der Waals surface area (Å²) in [6, 6.07) is 1.98. The number of aromatic nitrogens is 2. The lowest BCUT2D eigenvalue weighted by Gasteiger charge is -2.33. The summed E-state index contributed by atoms with van der Waals surface area (Å²) in [6.07, 6.45) is -10.8. The van der Waals surface area contributed by atoms with E-state index < -0.39 is 103 Å². The second-order valence-corrected chi connectivity index (χ2v) is 16.5. The lowest BCUT2D eigenvalue weighted by Crippen LogP contribution is -2.49. The van der Waals surface area contributed by atoms with Crippen LogP contribution in [-0.2, 0) is 26.6 Å². The number of nitrogen functional groups attached to an aromatic ring is 1. The topological polar surface area (TPSA) is 130 Å². The number of anilines is 2. The second-order valence-electron chi connectivity index (χ2n) is 15.4. The number of nitrogens with zero attached hydrogens (tertiary/aromatic N) is 6. The molecule has 0 bridgehead atoms. The van der Waals surface area contributed by atoms with Gasteiger partial charge in [-0.15, -0.1) is 11.3 Å². The molecular weight excluding hydrogens is 815 g/mol. The van der Waals surface area contributed by atoms with Gasteiger partial charge in [0.05, 0.1) is 57.7 Å². The van der Waals surface area contributed by atoms with Crippen molar-refractivity contribution in [1.82, 2.24) is 19.8 Å². The lowest BCUT2D eigenvalue weighted by atomic mass is 9.88. The van der Waals surface area contributed by atoms with Crippen LogP contribution in [0.4, 0.5) is 45.9 Å². The highest BCUT2D eigenvalue weighted by molar-refractivity contribution is 7.23. The van der Waals surface area contributed by atoms with Gasteiger partial charge in [0.1, 0.15) is 41.6 Å². The smallest absolute Gasteiger partial charge is 0.419 e. The van der Waals surface area contributed by atoms with Gasteiger partial charge >= 0.3 is 18.4 Å². The van der Waals surface area contributed by atoms with E-state index in [9.17, 15) is 14.4 Å². The molecule has 1 amide bonds. The number of likely N-dealkylation sites (tertiary alicyclic amines) is 1. The summed E-state index contributed by atoms with van der Waals surface area (Å²) in [5.74, 6) is -1.62. The summed E-state index contributed by atoms with van der Waals surface area (Å²) in [4.78, 5) is 27.2. The predicted octanol–water partition coefficient (Wildman–Crippen LogP) is 7.33. The van der Waals surface area contributed by atoms with Crippen LogP contribution in [0.2, 0.25) is 0 Å². The zero-order valence-corrected chi connectivity index (χ0v) is 32.7. The molecule has 316 valence electrons. The Balaban J connectivity index is 1.38. The summed E-state index contributed by atoms with van der Waals surface area (Å²) < 4.78 is 140. The first kappa shape index (κ1) is 41.2. The standard InChI is InChI=1S/C39H39F8N7O4S/c1-3-53(20-11-21(17-56-2)54(16-20)35(55)27-7-10-57-27)34-23-12-25(38(42,43)44)29(22-5-6-26(41)32-28(22)24(14-48)33(49)59-32)30(39(45,46)47)31(23)50-36(51-34)58-18-37-8-4-9-52(37)15-19(40)13-37/h5-6,12,19-21,27H,3-4,7-11,13,15-18,49H2,1-2H3/t19-,20+,21-,27-,37+/m1/s1. The Kier molecular flexibility index (Phi) is 10.6. The van der Waals surface area contributed by atoms with E-state index in [1.54, 1.807) is 17.9 Å². The van der Waals surface area contributed by atoms with Crippen molar-refractivity contribution in [1.29, 1.82) is 5.26 Å². The Labute approximate surface area is 336 Å². The second kappa shape index (κ2) is 15.2. The third-order valence-electron chi connectivity index (χ3n) is 12.0. The average Bonchev–Trinajstić information content (AvgIpc) is 3.90. The maximum absolute atomic E-state index is 15.8. The number of thiophene rings is 1. The molecule has 20 heteroatoms. The molecule has 0 spiro atoms. The minimum Gasteiger partial charge on any atom is -0.461 e. The summed E-state index contributed by atoms with van der Waals surface area (Å²) in [6.45, 7) is 2.71. The number of nitrogens with two attached hydrogens (primary N) is 1. The maximum Gasteiger partial charge on any atom is 0.419 e. The number of rotatable bonds is 10. The first-order valence-electron chi connectivity index (χ1n) is 19.1. The number of carbonyl (C=O) groups excluding carboxylic acids is 1. The van der Waals surface area contributed by atoms with Gasteiger partial charge in [-0.05, 0) is 50.4 Å². The van der Waals surface area contributed by atoms with Crippen LogP contribution in [0.25, 0.3) is 32.1 Å². The molecule has 6 heterocycles. The first-order valence-corrected chi connectivity index (χ1v) is 19.9. The van der Waals surface area contributed by atoms with Gasteiger partial charge in [0.2, 0.25) is 0 Å². The van der Waals surface area contributed by atoms with Gasteiger partial charge in [0.25, 0.3) is 5.91 Å². The monoisotopic (exact) mass is 853 g/mol. The minimum atomic E-state index is -5.54. The fourth-order valence-electron chi connectivity index (χ4n) is 9.38. The van der Waals surface area contributed by atoms with Crippen molar-refractivity contribution in [3.8, 4) is 23.2 Å². The van der Waals surface area contributed by atoms with E-state index in [2.05, 4.69) is 9.97 Å². The summed E-state index contributed by atoms with van der Waals surface area (Å²) in [5.41, 5.74) is -1.94. The maximum atomic E-state index is 15.8. The van der Waals surface area contributed by atoms with Gasteiger partial charge in [-0.1, -0.05) is 6.07 Å². The summed E-state index contributed by atoms with van der Waals surface area (Å²) in [5, 5.41) is 8.52. The molecule has 0 unspecified atom stereocenters. The molecule has 0 saturated carbocycles. The molecule has 4 aliphatic rings. The van der Waals surface area contributed by atoms with E-state index in [0.29, 0.717) is 43.4 Å². The van der Waals surface area contributed by atoms with Crippen LogP contribution in [0, 0.1) is 17.1 Å². The number of hydrogen-bond acceptors (Lipinski definition) is 11. The van der Waals surface area contributed by atoms with Gasteiger partial charge in [-0.3, -0.25) is 9.69 Å². The van der Waals surface area contributed by atoms with E-state index in [1.807, 2.05) is 4.90 Å². The quantitative estimate of drug-likeness (QED) is 0.162. The third kappa shape index (κ3) is 7.06. The molecule has 4 fully saturated rings. The van der Waals surface area contributed by atoms with Crippen molar-refractivity contribution in [2.24, 2.45) is 0 Å². The van der Waals surface area contributed by atoms with Gasteiger partial charge in [-0.25, -0.2) is 8.78 Å². The molecule has 11 nitrogen and oxygen atoms in total. The summed E-state index contributed by atoms with van der Waals surface area (Å²) in [7, 11) is 1.45. The molecule has 8 rings (SSSR count). The fourth-order valence-corrected chi connectivity index (χ4v) is 10.3. The molecule has 59 heavy (non-hydrogen) atoms. The molecule has 2 aromatic carbocycles. The molecule has 0 aliphatic carbocycles. The van der Waals surface area contributed by atoms with E-state index in [4.69, 9.17) is 19.9 Å². The molecule has 0 radical (unpaired) electrons. The van der Waals surface area contributed by atoms with Crippen molar-refractivity contribution in [2.45, 2.75) is 81.3 Å². The highest BCUT2D eigenvalue weighted by Gasteiger charge is 2.50. The number of halogens is 8. The van der Waals surface area contributed by atoms with Crippen LogP contribution in [-0.4, -0.2) is 109 Å². The van der Waals surface area contributed by atoms with E-state index >= 15 is 30.7 Å². The van der Waals surface area contributed by atoms with Crippen molar-refractivity contribution in [3.05, 3.63) is 40.7 Å². The summed E-state index contributed by atoms with van der Waals surface area (Å²) >= 11 is 0.523. The van der Waals surface area contributed by atoms with Gasteiger partial charge in [0, 0.05) is 55.9 Å². The number of nitriles is 1. The van der Waals surface area contributed by atoms with Crippen LogP contribution >= 0.6 is 11.3 Å². The van der Waals surface area contributed by atoms with Gasteiger partial charge in [-0.2, -0.15) is 41.6 Å². The number of carbonyl (C=O) groups is 1. The van der Waals surface area contributed by atoms with E-state index in [1.165, 1.54) is 12.0 Å². The van der Waals surface area contributed by atoms with Gasteiger partial charge < -0.3 is 29.7 Å². The number of hydrogen-bond donors (Lipinski definition) is 1. The van der Waals surface area contributed by atoms with Crippen molar-refractivity contribution in [2.75, 3.05) is 63.7 Å². The van der Waals surface area contributed by atoms with Crippen molar-refractivity contribution in [3.63, 3.8) is 0 Å². The Morgan fingerprint density at radius 2 is 1.95 bits per heavy atom. The zero-order valence-electron chi connectivity index (χ0n) is 31.9. The molecule has 2 N–H and O–H groups in total. The van der Waals surface area contributed by atoms with Gasteiger partial charge in [0.15, 0.2) is 0 Å². The van der Waals surface area contributed by atoms with E-state index in [0.717, 1.165) is 18.6 Å². The highest BCUT2D eigenvalue weighted by atomic mass is 32.1. The zero-order chi connectivity index (χ0) is 42.2. The molecule has 4 saturated heterocycles. The highest BCUT2D eigenvalue weighted by Crippen LogP contribution is 2.52. The van der Waals surface area contributed by atoms with Crippen LogP contribution in [0.5, 0.6) is 6.01 Å². The number of methoxy groups -OCH3 is 1. The van der Waals surface area contributed by atoms with E-state index in [-0.39, 0.29) is 62.4 Å². The van der Waals surface area contributed by atoms with Crippen molar-refractivity contribution >= 4 is 49.1 Å². The predicted molar refractivity (Wildman–Crippen MR) is 201 cm³/mol. The third-order valence-corrected chi connectivity index (χ3v) is 13.1. The van der Waals surface area contributed by atoms with Crippen LogP contribution < -0.4 is 15.4 Å². The fraction of sp³-hybridized carbons (Fsp3) is 0.538. The number of amides is 1. The van der Waals surface area contributed by atoms with Crippen LogP contribution in [0.15, 0.2) is 18.2 Å². The molecule has 4 aromatic rings. The normalized spacial score (nSPS) is 24.8. The SMILES string of the molecule is CCN(c1nc(OC[C@@]23CCCN2C[C@H](F)C3)nc2c(C(F)(F)F)c(-c3ccc(F)c4sc(N)c(C#N)c34)c(C(F)(F)F)cc12)[C@H]1C[C@H](COC)N(C(=O)[C@H]2CCO2)C1. The number of ether oxygens (including phenoxy) is 3. The number of alkyl halides is 7. The van der Waals surface area contributed by atoms with Crippen molar-refractivity contribution < 1.29 is 54.1 Å². The molecule has 4 aliphatic heterocycles. The Bertz CT molecular complexity index is 2350. The molecule has 5 atom stereocenters. The number of likely N-dealkylation sites (N-methyl/N-ethyl adjacent to an activating group) is 1. The number of fused-ring (bicyclic) bond motifs is 3. The molecule has 2 aromatic heterocycles. The lowest BCUT2D eigenvalue weighted by molar-refractivity contribution is -0.157. The average molecular weight is 854 g/mol. The Morgan fingerprint density at radius 3 is 2.59 bits per heavy atom. The Morgan fingerprint density at radius 1 is 1.19 bits per heavy atom. The first-order chi connectivity index (χ1) is 28.0. The van der Waals surface area contributed by atoms with Crippen LogP contribution in [0.3, 0.4) is 0 Å². The Hall–Kier alpha value is -4.58. The largest absolute Gasteiger partial charge is 0.461 e. The molecular formula is C39H39F8N7O4S. The minimum absolute atomic E-state index is 0.0157. The number of benzene rings is 2.